The molecule has 0 saturated carbocycles. The van der Waals surface area contributed by atoms with Crippen LogP contribution in [0.1, 0.15) is 24.3 Å². The summed E-state index contributed by atoms with van der Waals surface area (Å²) >= 11 is 0. The van der Waals surface area contributed by atoms with Gasteiger partial charge in [0.25, 0.3) is 0 Å². The second-order valence-corrected chi connectivity index (χ2v) is 5.91. The van der Waals surface area contributed by atoms with E-state index in [1.165, 1.54) is 12.7 Å². The molecule has 108 valence electrons. The van der Waals surface area contributed by atoms with Gasteiger partial charge in [0, 0.05) is 18.0 Å². The van der Waals surface area contributed by atoms with Crippen molar-refractivity contribution in [2.75, 3.05) is 14.2 Å². The minimum Gasteiger partial charge on any atom is -0.469 e. The highest BCUT2D eigenvalue weighted by atomic mass is 16.5. The monoisotopic (exact) mass is 275 g/mol. The van der Waals surface area contributed by atoms with Gasteiger partial charge in [-0.3, -0.25) is 9.69 Å². The van der Waals surface area contributed by atoms with Crippen molar-refractivity contribution >= 4 is 5.97 Å². The van der Waals surface area contributed by atoms with Crippen LogP contribution in [0.3, 0.4) is 0 Å². The number of nitrogens with zero attached hydrogens (tertiary/aromatic N) is 1. The molecule has 4 nitrogen and oxygen atoms in total. The van der Waals surface area contributed by atoms with Gasteiger partial charge in [0.05, 0.1) is 19.1 Å². The molecule has 2 unspecified atom stereocenters. The van der Waals surface area contributed by atoms with Gasteiger partial charge in [-0.15, -0.1) is 0 Å². The van der Waals surface area contributed by atoms with Gasteiger partial charge in [-0.25, -0.2) is 0 Å². The molecule has 2 aliphatic rings. The highest BCUT2D eigenvalue weighted by Gasteiger charge is 2.53. The van der Waals surface area contributed by atoms with E-state index in [9.17, 15) is 9.90 Å². The molecule has 4 heteroatoms. The average Bonchev–Trinajstić information content (AvgIpc) is 2.66. The van der Waals surface area contributed by atoms with Crippen LogP contribution in [0.2, 0.25) is 0 Å². The lowest BCUT2D eigenvalue weighted by Gasteiger charge is -2.41. The first-order valence-electron chi connectivity index (χ1n) is 7.16. The number of aliphatic hydroxyl groups excluding tert-OH is 1. The van der Waals surface area contributed by atoms with Crippen LogP contribution < -0.4 is 0 Å². The van der Waals surface area contributed by atoms with Crippen LogP contribution >= 0.6 is 0 Å². The van der Waals surface area contributed by atoms with E-state index in [4.69, 9.17) is 4.74 Å². The maximum atomic E-state index is 12.3. The number of likely N-dealkylation sites (N-methyl/N-ethyl adjacent to an activating group) is 1. The fourth-order valence-electron chi connectivity index (χ4n) is 3.99. The summed E-state index contributed by atoms with van der Waals surface area (Å²) in [6.45, 7) is 0. The minimum absolute atomic E-state index is 0.0707. The molecule has 0 aromatic heterocycles. The van der Waals surface area contributed by atoms with Crippen LogP contribution in [0.4, 0.5) is 0 Å². The molecular formula is C16H21NO3. The van der Waals surface area contributed by atoms with Crippen molar-refractivity contribution < 1.29 is 14.6 Å². The van der Waals surface area contributed by atoms with E-state index in [2.05, 4.69) is 17.0 Å². The van der Waals surface area contributed by atoms with Crippen LogP contribution in [-0.2, 0) is 9.53 Å². The normalized spacial score (nSPS) is 36.9. The number of esters is 1. The van der Waals surface area contributed by atoms with E-state index in [1.807, 2.05) is 25.2 Å². The van der Waals surface area contributed by atoms with Crippen molar-refractivity contribution in [3.8, 4) is 0 Å². The predicted octanol–water partition coefficient (Wildman–Crippen LogP) is 1.40. The zero-order valence-corrected chi connectivity index (χ0v) is 11.9. The lowest BCUT2D eigenvalue weighted by atomic mass is 9.76. The summed E-state index contributed by atoms with van der Waals surface area (Å²) in [6, 6.07) is 10.3. The summed E-state index contributed by atoms with van der Waals surface area (Å²) < 4.78 is 5.03. The second-order valence-electron chi connectivity index (χ2n) is 5.91. The molecule has 1 N–H and O–H groups in total. The summed E-state index contributed by atoms with van der Waals surface area (Å²) in [4.78, 5) is 14.4. The summed E-state index contributed by atoms with van der Waals surface area (Å²) in [7, 11) is 3.45. The van der Waals surface area contributed by atoms with Crippen LogP contribution in [0, 0.1) is 5.92 Å². The Hall–Kier alpha value is -1.39. The Labute approximate surface area is 119 Å². The van der Waals surface area contributed by atoms with E-state index in [-0.39, 0.29) is 36.0 Å². The molecule has 0 spiro atoms. The highest BCUT2D eigenvalue weighted by Crippen LogP contribution is 2.46. The van der Waals surface area contributed by atoms with Crippen molar-refractivity contribution in [2.24, 2.45) is 5.92 Å². The first-order valence-corrected chi connectivity index (χ1v) is 7.16. The molecule has 2 saturated heterocycles. The topological polar surface area (TPSA) is 49.8 Å². The highest BCUT2D eigenvalue weighted by molar-refractivity contribution is 5.75. The third kappa shape index (κ3) is 2.03. The quantitative estimate of drug-likeness (QED) is 0.829. The molecule has 2 aliphatic heterocycles. The largest absolute Gasteiger partial charge is 0.469 e. The van der Waals surface area contributed by atoms with Gasteiger partial charge < -0.3 is 9.84 Å². The van der Waals surface area contributed by atoms with Crippen LogP contribution in [-0.4, -0.2) is 48.3 Å². The Morgan fingerprint density at radius 1 is 1.25 bits per heavy atom. The zero-order valence-electron chi connectivity index (χ0n) is 11.9. The van der Waals surface area contributed by atoms with E-state index < -0.39 is 0 Å². The predicted molar refractivity (Wildman–Crippen MR) is 75.3 cm³/mol. The van der Waals surface area contributed by atoms with Gasteiger partial charge in [-0.1, -0.05) is 30.3 Å². The van der Waals surface area contributed by atoms with Gasteiger partial charge in [0.15, 0.2) is 0 Å². The number of piperidine rings is 1. The molecule has 0 radical (unpaired) electrons. The lowest BCUT2D eigenvalue weighted by molar-refractivity contribution is -0.150. The van der Waals surface area contributed by atoms with Gasteiger partial charge >= 0.3 is 5.97 Å². The summed E-state index contributed by atoms with van der Waals surface area (Å²) in [5, 5.41) is 10.2. The van der Waals surface area contributed by atoms with Gasteiger partial charge in [0.1, 0.15) is 0 Å². The lowest BCUT2D eigenvalue weighted by Crippen LogP contribution is -2.49. The Kier molecular flexibility index (Phi) is 3.52. The van der Waals surface area contributed by atoms with E-state index in [0.717, 1.165) is 6.42 Å². The van der Waals surface area contributed by atoms with Crippen molar-refractivity contribution in [2.45, 2.75) is 36.9 Å². The Balaban J connectivity index is 1.98. The SMILES string of the molecule is COC(=O)[C@@H]1C2C[C@H](O)C(C[C@H]1c1ccccc1)N2C. The number of methoxy groups -OCH3 is 1. The van der Waals surface area contributed by atoms with Crippen molar-refractivity contribution in [3.05, 3.63) is 35.9 Å². The van der Waals surface area contributed by atoms with Gasteiger partial charge in [-0.05, 0) is 25.5 Å². The molecular weight excluding hydrogens is 254 g/mol. The average molecular weight is 275 g/mol. The molecule has 3 rings (SSSR count). The van der Waals surface area contributed by atoms with Crippen LogP contribution in [0.25, 0.3) is 0 Å². The maximum Gasteiger partial charge on any atom is 0.310 e. The second kappa shape index (κ2) is 5.19. The standard InChI is InChI=1S/C16H21NO3/c1-17-12-8-11(10-6-4-3-5-7-10)15(16(19)20-2)13(17)9-14(12)18/h3-7,11-15,18H,8-9H2,1-2H3/t11-,12?,13?,14-,15-/m0/s1. The molecule has 1 aromatic rings. The smallest absolute Gasteiger partial charge is 0.310 e. The number of rotatable bonds is 2. The minimum atomic E-state index is -0.342. The number of ether oxygens (including phenoxy) is 1. The number of hydrogen-bond donors (Lipinski definition) is 1. The first-order chi connectivity index (χ1) is 9.63. The molecule has 2 heterocycles. The van der Waals surface area contributed by atoms with Crippen LogP contribution in [0.15, 0.2) is 30.3 Å². The van der Waals surface area contributed by atoms with Gasteiger partial charge in [0.2, 0.25) is 0 Å². The fourth-order valence-corrected chi connectivity index (χ4v) is 3.99. The number of hydrogen-bond acceptors (Lipinski definition) is 4. The zero-order chi connectivity index (χ0) is 14.3. The molecule has 0 aliphatic carbocycles. The molecule has 0 amide bonds. The fraction of sp³-hybridized carbons (Fsp3) is 0.562. The third-order valence-corrected chi connectivity index (χ3v) is 5.02. The van der Waals surface area contributed by atoms with Crippen molar-refractivity contribution in [3.63, 3.8) is 0 Å². The van der Waals surface area contributed by atoms with Gasteiger partial charge in [-0.2, -0.15) is 0 Å². The number of carbonyl (C=O) groups is 1. The Morgan fingerprint density at radius 3 is 2.60 bits per heavy atom. The van der Waals surface area contributed by atoms with Crippen LogP contribution in [0.5, 0.6) is 0 Å². The summed E-state index contributed by atoms with van der Waals surface area (Å²) in [6.07, 6.45) is 1.12. The third-order valence-electron chi connectivity index (χ3n) is 5.02. The van der Waals surface area contributed by atoms with E-state index >= 15 is 0 Å². The number of aliphatic hydroxyl groups is 1. The molecule has 2 bridgehead atoms. The Morgan fingerprint density at radius 2 is 1.95 bits per heavy atom. The number of benzene rings is 1. The number of carbonyl (C=O) groups excluding carboxylic acids is 1. The summed E-state index contributed by atoms with van der Waals surface area (Å²) in [5.74, 6) is -0.226. The first kappa shape index (κ1) is 13.6. The van der Waals surface area contributed by atoms with E-state index in [1.54, 1.807) is 0 Å². The molecule has 5 atom stereocenters. The molecule has 20 heavy (non-hydrogen) atoms. The molecule has 2 fully saturated rings. The van der Waals surface area contributed by atoms with E-state index in [0.29, 0.717) is 6.42 Å². The number of fused-ring (bicyclic) bond motifs is 2. The Bertz CT molecular complexity index is 490. The van der Waals surface area contributed by atoms with Crippen molar-refractivity contribution in [1.29, 1.82) is 0 Å². The molecule has 1 aromatic carbocycles. The maximum absolute atomic E-state index is 12.3. The summed E-state index contributed by atoms with van der Waals surface area (Å²) in [5.41, 5.74) is 1.17. The van der Waals surface area contributed by atoms with Crippen molar-refractivity contribution in [1.82, 2.24) is 4.90 Å².